The van der Waals surface area contributed by atoms with Gasteiger partial charge >= 0.3 is 0 Å². The summed E-state index contributed by atoms with van der Waals surface area (Å²) in [4.78, 5) is 4.36. The normalized spacial score (nSPS) is 22.1. The van der Waals surface area contributed by atoms with Crippen molar-refractivity contribution in [1.29, 1.82) is 0 Å². The van der Waals surface area contributed by atoms with E-state index in [1.807, 2.05) is 24.3 Å². The molecule has 1 atom stereocenters. The van der Waals surface area contributed by atoms with Crippen LogP contribution < -0.4 is 10.1 Å². The SMILES string of the molecule is COc1cccc2c(NCC3(O)CCOC3)nccc12. The number of methoxy groups -OCH3 is 1. The predicted molar refractivity (Wildman–Crippen MR) is 77.2 cm³/mol. The van der Waals surface area contributed by atoms with Crippen molar-refractivity contribution in [3.63, 3.8) is 0 Å². The van der Waals surface area contributed by atoms with Crippen LogP contribution in [0.1, 0.15) is 6.42 Å². The second-order valence-corrected chi connectivity index (χ2v) is 5.10. The Hall–Kier alpha value is -1.85. The number of anilines is 1. The maximum absolute atomic E-state index is 10.3. The number of rotatable bonds is 4. The zero-order valence-corrected chi connectivity index (χ0v) is 11.4. The fourth-order valence-electron chi connectivity index (χ4n) is 2.48. The van der Waals surface area contributed by atoms with Crippen molar-refractivity contribution < 1.29 is 14.6 Å². The van der Waals surface area contributed by atoms with Crippen LogP contribution in [0.4, 0.5) is 5.82 Å². The average molecular weight is 274 g/mol. The molecule has 1 aliphatic rings. The molecule has 1 saturated heterocycles. The van der Waals surface area contributed by atoms with Gasteiger partial charge in [-0.15, -0.1) is 0 Å². The molecule has 1 unspecified atom stereocenters. The van der Waals surface area contributed by atoms with Crippen molar-refractivity contribution in [3.05, 3.63) is 30.5 Å². The summed E-state index contributed by atoms with van der Waals surface area (Å²) < 4.78 is 10.6. The van der Waals surface area contributed by atoms with E-state index >= 15 is 0 Å². The molecule has 2 aromatic rings. The number of pyridine rings is 1. The number of aliphatic hydroxyl groups is 1. The minimum atomic E-state index is -0.803. The van der Waals surface area contributed by atoms with Crippen LogP contribution in [0.3, 0.4) is 0 Å². The third-order valence-corrected chi connectivity index (χ3v) is 3.65. The van der Waals surface area contributed by atoms with Crippen LogP contribution in [0.25, 0.3) is 10.8 Å². The molecule has 20 heavy (non-hydrogen) atoms. The summed E-state index contributed by atoms with van der Waals surface area (Å²) in [7, 11) is 1.65. The third-order valence-electron chi connectivity index (χ3n) is 3.65. The number of nitrogens with zero attached hydrogens (tertiary/aromatic N) is 1. The molecular formula is C15H18N2O3. The van der Waals surface area contributed by atoms with Crippen molar-refractivity contribution in [2.45, 2.75) is 12.0 Å². The molecule has 0 radical (unpaired) electrons. The van der Waals surface area contributed by atoms with Gasteiger partial charge in [-0.1, -0.05) is 12.1 Å². The zero-order valence-electron chi connectivity index (χ0n) is 11.4. The minimum Gasteiger partial charge on any atom is -0.496 e. The minimum absolute atomic E-state index is 0.369. The van der Waals surface area contributed by atoms with Gasteiger partial charge in [0.1, 0.15) is 17.2 Å². The standard InChI is InChI=1S/C15H18N2O3/c1-19-13-4-2-3-12-11(13)5-7-16-14(12)17-9-15(18)6-8-20-10-15/h2-5,7,18H,6,8-10H2,1H3,(H,16,17). The molecule has 0 spiro atoms. The third kappa shape index (κ3) is 2.42. The Balaban J connectivity index is 1.88. The van der Waals surface area contributed by atoms with E-state index in [1.165, 1.54) is 0 Å². The van der Waals surface area contributed by atoms with Gasteiger partial charge in [-0.05, 0) is 12.1 Å². The summed E-state index contributed by atoms with van der Waals surface area (Å²) in [5.41, 5.74) is -0.803. The maximum Gasteiger partial charge on any atom is 0.134 e. The highest BCUT2D eigenvalue weighted by molar-refractivity contribution is 5.95. The number of fused-ring (bicyclic) bond motifs is 1. The highest BCUT2D eigenvalue weighted by atomic mass is 16.5. The van der Waals surface area contributed by atoms with Gasteiger partial charge in [0, 0.05) is 36.5 Å². The van der Waals surface area contributed by atoms with Crippen LogP contribution in [0.5, 0.6) is 5.75 Å². The van der Waals surface area contributed by atoms with Gasteiger partial charge in [-0.3, -0.25) is 0 Å². The number of benzene rings is 1. The monoisotopic (exact) mass is 274 g/mol. The molecule has 2 N–H and O–H groups in total. The Morgan fingerprint density at radius 3 is 3.05 bits per heavy atom. The van der Waals surface area contributed by atoms with Crippen molar-refractivity contribution >= 4 is 16.6 Å². The maximum atomic E-state index is 10.3. The molecule has 1 fully saturated rings. The fraction of sp³-hybridized carbons (Fsp3) is 0.400. The van der Waals surface area contributed by atoms with Crippen LogP contribution in [0.15, 0.2) is 30.5 Å². The summed E-state index contributed by atoms with van der Waals surface area (Å²) in [6, 6.07) is 7.76. The van der Waals surface area contributed by atoms with E-state index in [1.54, 1.807) is 13.3 Å². The molecule has 3 rings (SSSR count). The first kappa shape index (κ1) is 13.1. The largest absolute Gasteiger partial charge is 0.496 e. The van der Waals surface area contributed by atoms with Crippen molar-refractivity contribution in [2.75, 3.05) is 32.2 Å². The molecule has 5 heteroatoms. The second kappa shape index (κ2) is 5.26. The highest BCUT2D eigenvalue weighted by Gasteiger charge is 2.32. The summed E-state index contributed by atoms with van der Waals surface area (Å²) in [5, 5.41) is 15.5. The van der Waals surface area contributed by atoms with E-state index in [0.29, 0.717) is 26.2 Å². The van der Waals surface area contributed by atoms with Crippen LogP contribution >= 0.6 is 0 Å². The average Bonchev–Trinajstić information content (AvgIpc) is 2.91. The van der Waals surface area contributed by atoms with Crippen molar-refractivity contribution in [1.82, 2.24) is 4.98 Å². The van der Waals surface area contributed by atoms with Gasteiger partial charge in [0.05, 0.1) is 13.7 Å². The number of nitrogens with one attached hydrogen (secondary N) is 1. The Morgan fingerprint density at radius 2 is 2.30 bits per heavy atom. The van der Waals surface area contributed by atoms with Gasteiger partial charge in [0.25, 0.3) is 0 Å². The van der Waals surface area contributed by atoms with E-state index in [9.17, 15) is 5.11 Å². The van der Waals surface area contributed by atoms with E-state index in [2.05, 4.69) is 10.3 Å². The lowest BCUT2D eigenvalue weighted by atomic mass is 10.0. The molecule has 0 amide bonds. The quantitative estimate of drug-likeness (QED) is 0.890. The lowest BCUT2D eigenvalue weighted by Gasteiger charge is -2.21. The Bertz CT molecular complexity index is 609. The lowest BCUT2D eigenvalue weighted by Crippen LogP contribution is -2.37. The molecule has 1 aromatic carbocycles. The number of hydrogen-bond donors (Lipinski definition) is 2. The van der Waals surface area contributed by atoms with Gasteiger partial charge in [0.2, 0.25) is 0 Å². The van der Waals surface area contributed by atoms with E-state index in [4.69, 9.17) is 9.47 Å². The Labute approximate surface area is 117 Å². The van der Waals surface area contributed by atoms with Crippen molar-refractivity contribution in [2.24, 2.45) is 0 Å². The van der Waals surface area contributed by atoms with Gasteiger partial charge in [-0.25, -0.2) is 4.98 Å². The van der Waals surface area contributed by atoms with E-state index < -0.39 is 5.60 Å². The van der Waals surface area contributed by atoms with Crippen LogP contribution in [-0.4, -0.2) is 42.6 Å². The van der Waals surface area contributed by atoms with Crippen molar-refractivity contribution in [3.8, 4) is 5.75 Å². The second-order valence-electron chi connectivity index (χ2n) is 5.10. The van der Waals surface area contributed by atoms with Gasteiger partial charge in [-0.2, -0.15) is 0 Å². The molecule has 0 saturated carbocycles. The van der Waals surface area contributed by atoms with E-state index in [-0.39, 0.29) is 0 Å². The number of hydrogen-bond acceptors (Lipinski definition) is 5. The zero-order chi connectivity index (χ0) is 14.0. The molecule has 5 nitrogen and oxygen atoms in total. The van der Waals surface area contributed by atoms with Crippen LogP contribution in [-0.2, 0) is 4.74 Å². The molecule has 1 aromatic heterocycles. The number of ether oxygens (including phenoxy) is 2. The first-order valence-corrected chi connectivity index (χ1v) is 6.68. The molecular weight excluding hydrogens is 256 g/mol. The first-order chi connectivity index (χ1) is 9.72. The lowest BCUT2D eigenvalue weighted by molar-refractivity contribution is 0.0381. The fourth-order valence-corrected chi connectivity index (χ4v) is 2.48. The summed E-state index contributed by atoms with van der Waals surface area (Å²) in [6.45, 7) is 1.40. The molecule has 0 aliphatic carbocycles. The van der Waals surface area contributed by atoms with Crippen LogP contribution in [0, 0.1) is 0 Å². The Morgan fingerprint density at radius 1 is 1.40 bits per heavy atom. The molecule has 0 bridgehead atoms. The van der Waals surface area contributed by atoms with Gasteiger partial charge in [0.15, 0.2) is 0 Å². The first-order valence-electron chi connectivity index (χ1n) is 6.68. The summed E-state index contributed by atoms with van der Waals surface area (Å²) >= 11 is 0. The predicted octanol–water partition coefficient (Wildman–Crippen LogP) is 1.81. The molecule has 106 valence electrons. The molecule has 1 aliphatic heterocycles. The smallest absolute Gasteiger partial charge is 0.134 e. The van der Waals surface area contributed by atoms with Gasteiger partial charge < -0.3 is 19.9 Å². The highest BCUT2D eigenvalue weighted by Crippen LogP contribution is 2.29. The topological polar surface area (TPSA) is 63.6 Å². The molecule has 2 heterocycles. The Kier molecular flexibility index (Phi) is 3.46. The van der Waals surface area contributed by atoms with Crippen LogP contribution in [0.2, 0.25) is 0 Å². The number of aromatic nitrogens is 1. The summed E-state index contributed by atoms with van der Waals surface area (Å²) in [5.74, 6) is 1.57. The van der Waals surface area contributed by atoms with E-state index in [0.717, 1.165) is 22.3 Å². The summed E-state index contributed by atoms with van der Waals surface area (Å²) in [6.07, 6.45) is 2.39.